The van der Waals surface area contributed by atoms with Crippen LogP contribution in [0.3, 0.4) is 0 Å². The van der Waals surface area contributed by atoms with E-state index in [1.165, 1.54) is 0 Å². The van der Waals surface area contributed by atoms with Crippen LogP contribution in [-0.2, 0) is 11.3 Å². The predicted molar refractivity (Wildman–Crippen MR) is 123 cm³/mol. The fourth-order valence-electron chi connectivity index (χ4n) is 3.79. The second-order valence-electron chi connectivity index (χ2n) is 7.99. The van der Waals surface area contributed by atoms with Gasteiger partial charge in [-0.3, -0.25) is 9.78 Å². The molecule has 1 fully saturated rings. The Morgan fingerprint density at radius 3 is 2.75 bits per heavy atom. The number of methoxy groups -OCH3 is 1. The fourth-order valence-corrected chi connectivity index (χ4v) is 3.79. The van der Waals surface area contributed by atoms with Gasteiger partial charge in [-0.2, -0.15) is 0 Å². The van der Waals surface area contributed by atoms with Gasteiger partial charge in [0.25, 0.3) is 5.91 Å². The van der Waals surface area contributed by atoms with E-state index in [0.717, 1.165) is 36.3 Å². The van der Waals surface area contributed by atoms with Gasteiger partial charge >= 0.3 is 0 Å². The Labute approximate surface area is 187 Å². The number of likely N-dealkylation sites (tertiary alicyclic amines) is 1. The number of phenols is 1. The Morgan fingerprint density at radius 1 is 1.22 bits per heavy atom. The molecule has 1 saturated heterocycles. The van der Waals surface area contributed by atoms with Crippen molar-refractivity contribution in [2.75, 3.05) is 32.6 Å². The molecule has 1 atom stereocenters. The van der Waals surface area contributed by atoms with Crippen LogP contribution >= 0.6 is 0 Å². The molecule has 1 aliphatic heterocycles. The summed E-state index contributed by atoms with van der Waals surface area (Å²) in [6.07, 6.45) is 4.27. The van der Waals surface area contributed by atoms with Gasteiger partial charge in [0.05, 0.1) is 24.7 Å². The maximum absolute atomic E-state index is 12.7. The number of anilines is 2. The molecule has 8 nitrogen and oxygen atoms in total. The van der Waals surface area contributed by atoms with E-state index in [1.54, 1.807) is 49.8 Å². The maximum atomic E-state index is 12.7. The van der Waals surface area contributed by atoms with Crippen molar-refractivity contribution in [1.29, 1.82) is 0 Å². The zero-order valence-corrected chi connectivity index (χ0v) is 18.2. The Balaban J connectivity index is 1.52. The van der Waals surface area contributed by atoms with Gasteiger partial charge in [0.1, 0.15) is 11.6 Å². The summed E-state index contributed by atoms with van der Waals surface area (Å²) >= 11 is 0. The van der Waals surface area contributed by atoms with Crippen LogP contribution in [0.2, 0.25) is 0 Å². The number of amides is 1. The third-order valence-corrected chi connectivity index (χ3v) is 5.45. The highest BCUT2D eigenvalue weighted by Gasteiger charge is 2.22. The molecule has 0 saturated carbocycles. The van der Waals surface area contributed by atoms with Gasteiger partial charge in [0.2, 0.25) is 0 Å². The highest BCUT2D eigenvalue weighted by molar-refractivity contribution is 5.95. The summed E-state index contributed by atoms with van der Waals surface area (Å²) in [5.74, 6) is 0.687. The third-order valence-electron chi connectivity index (χ3n) is 5.45. The van der Waals surface area contributed by atoms with E-state index < -0.39 is 0 Å². The predicted octanol–water partition coefficient (Wildman–Crippen LogP) is 3.17. The number of nitrogens with zero attached hydrogens (tertiary/aromatic N) is 3. The molecule has 4 rings (SSSR count). The molecule has 3 aromatic rings. The summed E-state index contributed by atoms with van der Waals surface area (Å²) < 4.78 is 5.35. The summed E-state index contributed by atoms with van der Waals surface area (Å²) in [4.78, 5) is 23.8. The second kappa shape index (κ2) is 9.76. The lowest BCUT2D eigenvalue weighted by Crippen LogP contribution is -2.36. The van der Waals surface area contributed by atoms with Crippen LogP contribution < -0.4 is 10.6 Å². The lowest BCUT2D eigenvalue weighted by molar-refractivity contribution is 0.0938. The SMILES string of the molecule is COCc1cc(C(=O)NC2CCN(C)C2)ccc1Nc1cncc(-c2ccc(O)cc2)n1. The van der Waals surface area contributed by atoms with Gasteiger partial charge in [0.15, 0.2) is 0 Å². The number of aromatic nitrogens is 2. The number of hydrogen-bond acceptors (Lipinski definition) is 7. The van der Waals surface area contributed by atoms with Crippen LogP contribution in [0.15, 0.2) is 54.9 Å². The lowest BCUT2D eigenvalue weighted by atomic mass is 10.1. The first-order valence-electron chi connectivity index (χ1n) is 10.5. The molecule has 0 bridgehead atoms. The summed E-state index contributed by atoms with van der Waals surface area (Å²) in [7, 11) is 3.68. The van der Waals surface area contributed by atoms with Crippen LogP contribution in [-0.4, -0.2) is 59.2 Å². The highest BCUT2D eigenvalue weighted by atomic mass is 16.5. The van der Waals surface area contributed by atoms with Gasteiger partial charge in [-0.25, -0.2) is 4.98 Å². The number of aromatic hydroxyl groups is 1. The van der Waals surface area contributed by atoms with E-state index in [2.05, 4.69) is 32.5 Å². The van der Waals surface area contributed by atoms with Crippen LogP contribution in [0.25, 0.3) is 11.3 Å². The van der Waals surface area contributed by atoms with Gasteiger partial charge in [-0.15, -0.1) is 0 Å². The standard InChI is InChI=1S/C24H27N5O3/c1-29-10-9-19(14-29)26-24(31)17-5-8-21(18(11-17)15-32-2)27-23-13-25-12-22(28-23)16-3-6-20(30)7-4-16/h3-8,11-13,19,30H,9-10,14-15H2,1-2H3,(H,26,31)(H,27,28). The van der Waals surface area contributed by atoms with E-state index in [1.807, 2.05) is 12.1 Å². The van der Waals surface area contributed by atoms with Crippen molar-refractivity contribution < 1.29 is 14.6 Å². The molecule has 1 unspecified atom stereocenters. The Morgan fingerprint density at radius 2 is 2.03 bits per heavy atom. The summed E-state index contributed by atoms with van der Waals surface area (Å²) in [5, 5.41) is 15.9. The number of phenolic OH excluding ortho intramolecular Hbond substituents is 1. The Hall–Kier alpha value is -3.49. The number of hydrogen-bond donors (Lipinski definition) is 3. The highest BCUT2D eigenvalue weighted by Crippen LogP contribution is 2.25. The number of carbonyl (C=O) groups is 1. The van der Waals surface area contributed by atoms with Crippen LogP contribution in [0.1, 0.15) is 22.3 Å². The average Bonchev–Trinajstić information content (AvgIpc) is 3.20. The number of likely N-dealkylation sites (N-methyl/N-ethyl adjacent to an activating group) is 1. The number of nitrogens with one attached hydrogen (secondary N) is 2. The molecule has 8 heteroatoms. The molecule has 2 aromatic carbocycles. The minimum absolute atomic E-state index is 0.0803. The van der Waals surface area contributed by atoms with Gasteiger partial charge in [-0.05, 0) is 62.5 Å². The minimum atomic E-state index is -0.0803. The van der Waals surface area contributed by atoms with Crippen LogP contribution in [0.5, 0.6) is 5.75 Å². The van der Waals surface area contributed by atoms with Crippen molar-refractivity contribution in [3.05, 3.63) is 66.0 Å². The molecular formula is C24H27N5O3. The van der Waals surface area contributed by atoms with Crippen molar-refractivity contribution in [2.24, 2.45) is 0 Å². The lowest BCUT2D eigenvalue weighted by Gasteiger charge is -2.16. The normalized spacial score (nSPS) is 16.1. The first-order chi connectivity index (χ1) is 15.5. The topological polar surface area (TPSA) is 99.6 Å². The fraction of sp³-hybridized carbons (Fsp3) is 0.292. The van der Waals surface area contributed by atoms with E-state index in [-0.39, 0.29) is 17.7 Å². The molecule has 0 spiro atoms. The molecule has 1 amide bonds. The first-order valence-corrected chi connectivity index (χ1v) is 10.5. The van der Waals surface area contributed by atoms with Crippen LogP contribution in [0, 0.1) is 0 Å². The molecule has 0 radical (unpaired) electrons. The summed E-state index contributed by atoms with van der Waals surface area (Å²) in [6.45, 7) is 2.21. The van der Waals surface area contributed by atoms with Crippen molar-refractivity contribution in [1.82, 2.24) is 20.2 Å². The molecule has 0 aliphatic carbocycles. The third kappa shape index (κ3) is 5.22. The van der Waals surface area contributed by atoms with Crippen molar-refractivity contribution >= 4 is 17.4 Å². The van der Waals surface area contributed by atoms with Gasteiger partial charge in [0, 0.05) is 42.1 Å². The molecule has 32 heavy (non-hydrogen) atoms. The Bertz CT molecular complexity index is 1090. The van der Waals surface area contributed by atoms with Crippen LogP contribution in [0.4, 0.5) is 11.5 Å². The van der Waals surface area contributed by atoms with Gasteiger partial charge in [-0.1, -0.05) is 0 Å². The van der Waals surface area contributed by atoms with Crippen molar-refractivity contribution in [2.45, 2.75) is 19.1 Å². The molecule has 166 valence electrons. The quantitative estimate of drug-likeness (QED) is 0.526. The summed E-state index contributed by atoms with van der Waals surface area (Å²) in [6, 6.07) is 12.5. The van der Waals surface area contributed by atoms with Crippen molar-refractivity contribution in [3.8, 4) is 17.0 Å². The Kier molecular flexibility index (Phi) is 6.63. The average molecular weight is 434 g/mol. The van der Waals surface area contributed by atoms with Crippen molar-refractivity contribution in [3.63, 3.8) is 0 Å². The second-order valence-corrected chi connectivity index (χ2v) is 7.99. The molecule has 2 heterocycles. The molecule has 1 aliphatic rings. The summed E-state index contributed by atoms with van der Waals surface area (Å²) in [5.41, 5.74) is 3.77. The number of ether oxygens (including phenoxy) is 1. The number of benzene rings is 2. The largest absolute Gasteiger partial charge is 0.508 e. The zero-order valence-electron chi connectivity index (χ0n) is 18.2. The zero-order chi connectivity index (χ0) is 22.5. The van der Waals surface area contributed by atoms with E-state index in [4.69, 9.17) is 4.74 Å². The maximum Gasteiger partial charge on any atom is 0.251 e. The minimum Gasteiger partial charge on any atom is -0.508 e. The van der Waals surface area contributed by atoms with E-state index in [0.29, 0.717) is 23.7 Å². The smallest absolute Gasteiger partial charge is 0.251 e. The van der Waals surface area contributed by atoms with Gasteiger partial charge < -0.3 is 25.4 Å². The number of carbonyl (C=O) groups excluding carboxylic acids is 1. The monoisotopic (exact) mass is 433 g/mol. The molecule has 3 N–H and O–H groups in total. The van der Waals surface area contributed by atoms with E-state index in [9.17, 15) is 9.90 Å². The molecular weight excluding hydrogens is 406 g/mol. The first kappa shape index (κ1) is 21.7. The number of rotatable bonds is 7. The molecule has 1 aromatic heterocycles. The van der Waals surface area contributed by atoms with E-state index >= 15 is 0 Å².